The molecule has 3 aromatic rings. The van der Waals surface area contributed by atoms with Gasteiger partial charge in [0.15, 0.2) is 0 Å². The maximum atomic E-state index is 13.6. The average Bonchev–Trinajstić information content (AvgIpc) is 2.91. The number of aliphatic carboxylic acids is 1. The number of rotatable bonds is 7. The number of urea groups is 1. The quantitative estimate of drug-likeness (QED) is 0.251. The lowest BCUT2D eigenvalue weighted by Gasteiger charge is -2.37. The van der Waals surface area contributed by atoms with Crippen molar-refractivity contribution in [1.29, 1.82) is 0 Å². The molecule has 0 unspecified atom stereocenters. The molecule has 1 aliphatic rings. The Morgan fingerprint density at radius 1 is 0.850 bits per heavy atom. The molecule has 1 saturated carbocycles. The van der Waals surface area contributed by atoms with E-state index in [4.69, 9.17) is 0 Å². The molecule has 0 spiro atoms. The highest BCUT2D eigenvalue weighted by Gasteiger charge is 2.43. The summed E-state index contributed by atoms with van der Waals surface area (Å²) in [6.45, 7) is 7.34. The van der Waals surface area contributed by atoms with Gasteiger partial charge in [-0.1, -0.05) is 55.2 Å². The lowest BCUT2D eigenvalue weighted by atomic mass is 9.75. The van der Waals surface area contributed by atoms with Gasteiger partial charge in [0, 0.05) is 5.69 Å². The SMILES string of the molecule is Cc1cc(C)c(NC(=O)Nc2cc(-c3ccc(F)cc3)ccc2C(=O)N[C@](C)(C(=O)O)C2CCCCC2)c(C)c1. The van der Waals surface area contributed by atoms with Gasteiger partial charge in [0.25, 0.3) is 5.91 Å². The Bertz CT molecular complexity index is 1410. The Balaban J connectivity index is 1.68. The van der Waals surface area contributed by atoms with Gasteiger partial charge in [-0.2, -0.15) is 0 Å². The number of benzene rings is 3. The van der Waals surface area contributed by atoms with E-state index in [1.54, 1.807) is 37.3 Å². The second kappa shape index (κ2) is 11.9. The summed E-state index contributed by atoms with van der Waals surface area (Å²) in [5.74, 6) is -2.27. The molecule has 3 aromatic carbocycles. The zero-order valence-electron chi connectivity index (χ0n) is 23.4. The topological polar surface area (TPSA) is 108 Å². The number of nitrogens with one attached hydrogen (secondary N) is 3. The second-order valence-electron chi connectivity index (χ2n) is 10.9. The largest absolute Gasteiger partial charge is 0.480 e. The molecule has 0 aromatic heterocycles. The molecule has 40 heavy (non-hydrogen) atoms. The first-order chi connectivity index (χ1) is 19.0. The lowest BCUT2D eigenvalue weighted by Crippen LogP contribution is -2.57. The Morgan fingerprint density at radius 2 is 1.45 bits per heavy atom. The van der Waals surface area contributed by atoms with Crippen molar-refractivity contribution in [3.05, 3.63) is 82.7 Å². The molecule has 0 bridgehead atoms. The molecule has 4 N–H and O–H groups in total. The summed E-state index contributed by atoms with van der Waals surface area (Å²) in [4.78, 5) is 39.2. The van der Waals surface area contributed by atoms with E-state index in [2.05, 4.69) is 16.0 Å². The van der Waals surface area contributed by atoms with Crippen molar-refractivity contribution < 1.29 is 23.9 Å². The normalized spacial score (nSPS) is 15.1. The van der Waals surface area contributed by atoms with Gasteiger partial charge in [-0.3, -0.25) is 4.79 Å². The number of halogens is 1. The van der Waals surface area contributed by atoms with E-state index in [1.807, 2.05) is 32.9 Å². The van der Waals surface area contributed by atoms with Gasteiger partial charge in [-0.05, 0) is 93.0 Å². The minimum absolute atomic E-state index is 0.127. The minimum Gasteiger partial charge on any atom is -0.480 e. The van der Waals surface area contributed by atoms with Crippen molar-refractivity contribution in [2.75, 3.05) is 10.6 Å². The van der Waals surface area contributed by atoms with E-state index in [0.29, 0.717) is 16.8 Å². The first kappa shape index (κ1) is 28.8. The van der Waals surface area contributed by atoms with Crippen molar-refractivity contribution in [1.82, 2.24) is 5.32 Å². The fraction of sp³-hybridized carbons (Fsp3) is 0.344. The van der Waals surface area contributed by atoms with Gasteiger partial charge in [-0.25, -0.2) is 14.0 Å². The third-order valence-corrected chi connectivity index (χ3v) is 7.84. The number of carboxylic acids is 1. The summed E-state index contributed by atoms with van der Waals surface area (Å²) < 4.78 is 13.5. The number of hydrogen-bond donors (Lipinski definition) is 4. The van der Waals surface area contributed by atoms with Gasteiger partial charge < -0.3 is 21.1 Å². The van der Waals surface area contributed by atoms with Crippen LogP contribution < -0.4 is 16.0 Å². The van der Waals surface area contributed by atoms with Crippen LogP contribution in [0.5, 0.6) is 0 Å². The summed E-state index contributed by atoms with van der Waals surface area (Å²) in [6.07, 6.45) is 4.32. The van der Waals surface area contributed by atoms with Crippen molar-refractivity contribution in [2.45, 2.75) is 65.3 Å². The van der Waals surface area contributed by atoms with E-state index in [0.717, 1.165) is 48.8 Å². The number of anilines is 2. The molecule has 7 nitrogen and oxygen atoms in total. The number of hydrogen-bond acceptors (Lipinski definition) is 3. The van der Waals surface area contributed by atoms with Crippen LogP contribution in [-0.4, -0.2) is 28.6 Å². The summed E-state index contributed by atoms with van der Waals surface area (Å²) in [5, 5.41) is 18.6. The standard InChI is InChI=1S/C32H36FN3O4/c1-19-16-20(2)28(21(3)17-19)35-31(40)34-27-18-23(22-10-13-25(33)14-11-22)12-15-26(27)29(37)36-32(4,30(38)39)24-8-6-5-7-9-24/h10-18,24H,5-9H2,1-4H3,(H,36,37)(H,38,39)(H2,34,35,40)/t32-/m0/s1. The predicted octanol–water partition coefficient (Wildman–Crippen LogP) is 7.22. The summed E-state index contributed by atoms with van der Waals surface area (Å²) in [7, 11) is 0. The number of aryl methyl sites for hydroxylation is 3. The molecule has 4 rings (SSSR count). The van der Waals surface area contributed by atoms with Gasteiger partial charge in [0.1, 0.15) is 11.4 Å². The molecule has 0 aliphatic heterocycles. The van der Waals surface area contributed by atoms with Crippen molar-refractivity contribution in [2.24, 2.45) is 5.92 Å². The van der Waals surface area contributed by atoms with Crippen LogP contribution in [0.15, 0.2) is 54.6 Å². The Morgan fingerprint density at radius 3 is 2.05 bits per heavy atom. The molecule has 0 heterocycles. The van der Waals surface area contributed by atoms with E-state index < -0.39 is 23.4 Å². The highest BCUT2D eigenvalue weighted by Crippen LogP contribution is 2.34. The number of amides is 3. The summed E-state index contributed by atoms with van der Waals surface area (Å²) >= 11 is 0. The number of carbonyl (C=O) groups is 3. The van der Waals surface area contributed by atoms with Crippen LogP contribution in [-0.2, 0) is 4.79 Å². The zero-order valence-corrected chi connectivity index (χ0v) is 23.4. The number of carboxylic acid groups (broad SMARTS) is 1. The first-order valence-electron chi connectivity index (χ1n) is 13.6. The third-order valence-electron chi connectivity index (χ3n) is 7.84. The van der Waals surface area contributed by atoms with Gasteiger partial charge in [-0.15, -0.1) is 0 Å². The van der Waals surface area contributed by atoms with E-state index in [-0.39, 0.29) is 23.0 Å². The molecule has 8 heteroatoms. The molecule has 210 valence electrons. The van der Waals surface area contributed by atoms with E-state index >= 15 is 0 Å². The lowest BCUT2D eigenvalue weighted by molar-refractivity contribution is -0.146. The van der Waals surface area contributed by atoms with Gasteiger partial charge in [0.05, 0.1) is 11.3 Å². The molecule has 1 fully saturated rings. The average molecular weight is 546 g/mol. The molecule has 1 aliphatic carbocycles. The molecular formula is C32H36FN3O4. The molecule has 0 radical (unpaired) electrons. The second-order valence-corrected chi connectivity index (χ2v) is 10.9. The van der Waals surface area contributed by atoms with Crippen molar-refractivity contribution >= 4 is 29.3 Å². The Labute approximate surface area is 234 Å². The maximum absolute atomic E-state index is 13.6. The summed E-state index contributed by atoms with van der Waals surface area (Å²) in [6, 6.07) is 14.2. The van der Waals surface area contributed by atoms with Crippen molar-refractivity contribution in [3.8, 4) is 11.1 Å². The molecule has 3 amide bonds. The monoisotopic (exact) mass is 545 g/mol. The zero-order chi connectivity index (χ0) is 29.0. The summed E-state index contributed by atoms with van der Waals surface area (Å²) in [5.41, 5.74) is 3.76. The molecule has 1 atom stereocenters. The number of carbonyl (C=O) groups excluding carboxylic acids is 2. The van der Waals surface area contributed by atoms with Gasteiger partial charge in [0.2, 0.25) is 0 Å². The van der Waals surface area contributed by atoms with Crippen LogP contribution in [0.3, 0.4) is 0 Å². The molecular weight excluding hydrogens is 509 g/mol. The molecule has 0 saturated heterocycles. The van der Waals surface area contributed by atoms with Crippen LogP contribution in [0.2, 0.25) is 0 Å². The van der Waals surface area contributed by atoms with E-state index in [1.165, 1.54) is 12.1 Å². The highest BCUT2D eigenvalue weighted by molar-refractivity contribution is 6.08. The maximum Gasteiger partial charge on any atom is 0.329 e. The van der Waals surface area contributed by atoms with E-state index in [9.17, 15) is 23.9 Å². The van der Waals surface area contributed by atoms with Crippen LogP contribution >= 0.6 is 0 Å². The predicted molar refractivity (Wildman–Crippen MR) is 155 cm³/mol. The van der Waals surface area contributed by atoms with Gasteiger partial charge >= 0.3 is 12.0 Å². The fourth-order valence-corrected chi connectivity index (χ4v) is 5.63. The highest BCUT2D eigenvalue weighted by atomic mass is 19.1. The Hall–Kier alpha value is -4.20. The van der Waals surface area contributed by atoms with Crippen LogP contribution in [0.1, 0.15) is 66.1 Å². The van der Waals surface area contributed by atoms with Crippen LogP contribution in [0, 0.1) is 32.5 Å². The Kier molecular flexibility index (Phi) is 8.57. The smallest absolute Gasteiger partial charge is 0.329 e. The fourth-order valence-electron chi connectivity index (χ4n) is 5.63. The van der Waals surface area contributed by atoms with Crippen LogP contribution in [0.4, 0.5) is 20.6 Å². The van der Waals surface area contributed by atoms with Crippen molar-refractivity contribution in [3.63, 3.8) is 0 Å². The first-order valence-corrected chi connectivity index (χ1v) is 13.6. The van der Waals surface area contributed by atoms with Crippen LogP contribution in [0.25, 0.3) is 11.1 Å². The third kappa shape index (κ3) is 6.33. The minimum atomic E-state index is -1.46.